The number of amides is 1. The van der Waals surface area contributed by atoms with Crippen molar-refractivity contribution in [3.63, 3.8) is 0 Å². The molecule has 3 fully saturated rings. The standard InChI is InChI=1S/C13H19N3O2/c14-8-11-9-15(6-7-18-11)13(17)12-2-1-5-16(12)10-3-4-10/h10-12H,1-7,9H2/t11-,12+/m0/s1. The van der Waals surface area contributed by atoms with Crippen molar-refractivity contribution >= 4 is 5.91 Å². The first kappa shape index (κ1) is 11.9. The van der Waals surface area contributed by atoms with E-state index < -0.39 is 6.10 Å². The Hall–Kier alpha value is -1.12. The third-order valence-electron chi connectivity index (χ3n) is 4.12. The van der Waals surface area contributed by atoms with Crippen molar-refractivity contribution in [2.75, 3.05) is 26.2 Å². The van der Waals surface area contributed by atoms with E-state index in [1.165, 1.54) is 12.8 Å². The smallest absolute Gasteiger partial charge is 0.240 e. The monoisotopic (exact) mass is 249 g/mol. The van der Waals surface area contributed by atoms with Crippen LogP contribution in [-0.4, -0.2) is 60.1 Å². The number of morpholine rings is 1. The summed E-state index contributed by atoms with van der Waals surface area (Å²) in [7, 11) is 0. The van der Waals surface area contributed by atoms with Crippen LogP contribution in [0.25, 0.3) is 0 Å². The van der Waals surface area contributed by atoms with Gasteiger partial charge in [0.05, 0.1) is 25.3 Å². The van der Waals surface area contributed by atoms with Gasteiger partial charge in [0.1, 0.15) is 0 Å². The zero-order valence-corrected chi connectivity index (χ0v) is 10.5. The second-order valence-electron chi connectivity index (χ2n) is 5.40. The second-order valence-corrected chi connectivity index (χ2v) is 5.40. The average Bonchev–Trinajstić information content (AvgIpc) is 3.15. The van der Waals surface area contributed by atoms with E-state index in [1.807, 2.05) is 4.90 Å². The maximum Gasteiger partial charge on any atom is 0.240 e. The van der Waals surface area contributed by atoms with E-state index in [0.29, 0.717) is 25.7 Å². The minimum atomic E-state index is -0.446. The highest BCUT2D eigenvalue weighted by molar-refractivity contribution is 5.82. The molecule has 0 bridgehead atoms. The molecular formula is C13H19N3O2. The van der Waals surface area contributed by atoms with Gasteiger partial charge in [0.2, 0.25) is 5.91 Å². The molecule has 0 spiro atoms. The molecule has 98 valence electrons. The zero-order valence-electron chi connectivity index (χ0n) is 10.5. The van der Waals surface area contributed by atoms with Gasteiger partial charge in [-0.3, -0.25) is 9.69 Å². The van der Waals surface area contributed by atoms with E-state index in [9.17, 15) is 4.79 Å². The van der Waals surface area contributed by atoms with Crippen molar-refractivity contribution in [2.24, 2.45) is 0 Å². The Morgan fingerprint density at radius 1 is 1.28 bits per heavy atom. The molecule has 2 heterocycles. The molecular weight excluding hydrogens is 230 g/mol. The quantitative estimate of drug-likeness (QED) is 0.709. The molecule has 0 aromatic rings. The molecule has 1 amide bonds. The SMILES string of the molecule is N#C[C@H]1CN(C(=O)[C@H]2CCCN2C2CC2)CCO1. The van der Waals surface area contributed by atoms with Crippen molar-refractivity contribution in [1.29, 1.82) is 5.26 Å². The van der Waals surface area contributed by atoms with E-state index in [4.69, 9.17) is 10.00 Å². The number of carbonyl (C=O) groups is 1. The molecule has 0 unspecified atom stereocenters. The Kier molecular flexibility index (Phi) is 3.23. The first-order chi connectivity index (χ1) is 8.79. The van der Waals surface area contributed by atoms with Gasteiger partial charge in [-0.15, -0.1) is 0 Å². The number of rotatable bonds is 2. The van der Waals surface area contributed by atoms with Crippen molar-refractivity contribution in [3.8, 4) is 6.07 Å². The minimum absolute atomic E-state index is 0.0648. The molecule has 0 aromatic heterocycles. The molecule has 18 heavy (non-hydrogen) atoms. The Labute approximate surface area is 107 Å². The molecule has 3 rings (SSSR count). The summed E-state index contributed by atoms with van der Waals surface area (Å²) in [5.74, 6) is 0.211. The first-order valence-corrected chi connectivity index (χ1v) is 6.85. The summed E-state index contributed by atoms with van der Waals surface area (Å²) in [6, 6.07) is 2.81. The predicted octanol–water partition coefficient (Wildman–Crippen LogP) is 0.364. The molecule has 2 aliphatic heterocycles. The molecule has 5 heteroatoms. The predicted molar refractivity (Wildman–Crippen MR) is 64.7 cm³/mol. The molecule has 0 aromatic carbocycles. The topological polar surface area (TPSA) is 56.6 Å². The lowest BCUT2D eigenvalue weighted by molar-refractivity contribution is -0.142. The highest BCUT2D eigenvalue weighted by Crippen LogP contribution is 2.34. The number of hydrogen-bond acceptors (Lipinski definition) is 4. The zero-order chi connectivity index (χ0) is 12.5. The number of carbonyl (C=O) groups excluding carboxylic acids is 1. The summed E-state index contributed by atoms with van der Waals surface area (Å²) in [6.07, 6.45) is 4.14. The van der Waals surface area contributed by atoms with Gasteiger partial charge in [-0.1, -0.05) is 0 Å². The maximum atomic E-state index is 12.5. The van der Waals surface area contributed by atoms with Gasteiger partial charge in [-0.2, -0.15) is 5.26 Å². The van der Waals surface area contributed by atoms with E-state index in [2.05, 4.69) is 11.0 Å². The Morgan fingerprint density at radius 3 is 2.83 bits per heavy atom. The number of likely N-dealkylation sites (tertiary alicyclic amines) is 1. The van der Waals surface area contributed by atoms with Crippen LogP contribution in [0, 0.1) is 11.3 Å². The van der Waals surface area contributed by atoms with Crippen LogP contribution in [0.1, 0.15) is 25.7 Å². The molecule has 0 N–H and O–H groups in total. The molecule has 1 aliphatic carbocycles. The van der Waals surface area contributed by atoms with Crippen LogP contribution in [0.5, 0.6) is 0 Å². The van der Waals surface area contributed by atoms with Crippen LogP contribution in [0.3, 0.4) is 0 Å². The fourth-order valence-electron chi connectivity index (χ4n) is 3.04. The fraction of sp³-hybridized carbons (Fsp3) is 0.846. The lowest BCUT2D eigenvalue weighted by Gasteiger charge is -2.34. The van der Waals surface area contributed by atoms with Gasteiger partial charge in [-0.25, -0.2) is 0 Å². The fourth-order valence-corrected chi connectivity index (χ4v) is 3.04. The molecule has 2 atom stereocenters. The molecule has 5 nitrogen and oxygen atoms in total. The van der Waals surface area contributed by atoms with E-state index in [1.54, 1.807) is 0 Å². The lowest BCUT2D eigenvalue weighted by atomic mass is 10.1. The maximum absolute atomic E-state index is 12.5. The van der Waals surface area contributed by atoms with E-state index in [-0.39, 0.29) is 11.9 Å². The van der Waals surface area contributed by atoms with Gasteiger partial charge < -0.3 is 9.64 Å². The molecule has 3 aliphatic rings. The summed E-state index contributed by atoms with van der Waals surface area (Å²) in [5.41, 5.74) is 0. The van der Waals surface area contributed by atoms with Crippen molar-refractivity contribution in [2.45, 2.75) is 43.9 Å². The molecule has 0 radical (unpaired) electrons. The lowest BCUT2D eigenvalue weighted by Crippen LogP contribution is -2.52. The van der Waals surface area contributed by atoms with Crippen LogP contribution in [-0.2, 0) is 9.53 Å². The number of nitrogens with zero attached hydrogens (tertiary/aromatic N) is 3. The van der Waals surface area contributed by atoms with Crippen molar-refractivity contribution < 1.29 is 9.53 Å². The normalized spacial score (nSPS) is 33.4. The van der Waals surface area contributed by atoms with Gasteiger partial charge >= 0.3 is 0 Å². The van der Waals surface area contributed by atoms with Crippen LogP contribution < -0.4 is 0 Å². The number of nitriles is 1. The summed E-state index contributed by atoms with van der Waals surface area (Å²) >= 11 is 0. The highest BCUT2D eigenvalue weighted by atomic mass is 16.5. The van der Waals surface area contributed by atoms with Crippen LogP contribution in [0.4, 0.5) is 0 Å². The van der Waals surface area contributed by atoms with Gasteiger partial charge in [-0.05, 0) is 32.2 Å². The Morgan fingerprint density at radius 2 is 2.11 bits per heavy atom. The van der Waals surface area contributed by atoms with Crippen molar-refractivity contribution in [3.05, 3.63) is 0 Å². The minimum Gasteiger partial charge on any atom is -0.360 e. The van der Waals surface area contributed by atoms with Crippen LogP contribution in [0.15, 0.2) is 0 Å². The van der Waals surface area contributed by atoms with Gasteiger partial charge in [0.15, 0.2) is 6.10 Å². The first-order valence-electron chi connectivity index (χ1n) is 6.85. The molecule has 2 saturated heterocycles. The summed E-state index contributed by atoms with van der Waals surface area (Å²) in [6.45, 7) is 2.61. The third-order valence-corrected chi connectivity index (χ3v) is 4.12. The number of ether oxygens (including phenoxy) is 1. The van der Waals surface area contributed by atoms with Crippen LogP contribution in [0.2, 0.25) is 0 Å². The Bertz CT molecular complexity index is 375. The summed E-state index contributed by atoms with van der Waals surface area (Å²) in [4.78, 5) is 16.7. The van der Waals surface area contributed by atoms with E-state index >= 15 is 0 Å². The largest absolute Gasteiger partial charge is 0.360 e. The second kappa shape index (κ2) is 4.87. The van der Waals surface area contributed by atoms with Gasteiger partial charge in [0.25, 0.3) is 0 Å². The van der Waals surface area contributed by atoms with Gasteiger partial charge in [0, 0.05) is 12.6 Å². The third kappa shape index (κ3) is 2.23. The van der Waals surface area contributed by atoms with Crippen molar-refractivity contribution in [1.82, 2.24) is 9.80 Å². The van der Waals surface area contributed by atoms with E-state index in [0.717, 1.165) is 19.4 Å². The number of hydrogen-bond donors (Lipinski definition) is 0. The summed E-state index contributed by atoms with van der Waals surface area (Å²) in [5, 5.41) is 8.88. The summed E-state index contributed by atoms with van der Waals surface area (Å²) < 4.78 is 5.29. The highest BCUT2D eigenvalue weighted by Gasteiger charge is 2.42. The molecule has 1 saturated carbocycles. The van der Waals surface area contributed by atoms with Crippen LogP contribution >= 0.6 is 0 Å². The average molecular weight is 249 g/mol. The Balaban J connectivity index is 1.64.